The number of benzene rings is 1. The van der Waals surface area contributed by atoms with E-state index in [0.29, 0.717) is 6.61 Å². The Labute approximate surface area is 114 Å². The van der Waals surface area contributed by atoms with E-state index in [1.54, 1.807) is 19.3 Å². The van der Waals surface area contributed by atoms with Crippen LogP contribution in [0.5, 0.6) is 0 Å². The van der Waals surface area contributed by atoms with Crippen LogP contribution in [0, 0.1) is 6.92 Å². The highest BCUT2D eigenvalue weighted by Crippen LogP contribution is 2.03. The minimum atomic E-state index is 0.710. The molecule has 1 nitrogen and oxygen atoms in total. The van der Waals surface area contributed by atoms with E-state index in [0.717, 1.165) is 0 Å². The summed E-state index contributed by atoms with van der Waals surface area (Å²) >= 11 is 0. The van der Waals surface area contributed by atoms with Crippen LogP contribution in [0.3, 0.4) is 0 Å². The van der Waals surface area contributed by atoms with Gasteiger partial charge in [-0.25, -0.2) is 0 Å². The van der Waals surface area contributed by atoms with E-state index >= 15 is 0 Å². The Hall–Kier alpha value is -1.34. The third-order valence-corrected chi connectivity index (χ3v) is 1.56. The van der Waals surface area contributed by atoms with Crippen LogP contribution in [0.2, 0.25) is 0 Å². The first-order valence-electron chi connectivity index (χ1n) is 6.52. The van der Waals surface area contributed by atoms with E-state index in [9.17, 15) is 0 Å². The molecule has 0 unspecified atom stereocenters. The van der Waals surface area contributed by atoms with Gasteiger partial charge in [0.05, 0.1) is 6.61 Å². The number of methoxy groups -OCH3 is 1. The molecule has 0 aromatic heterocycles. The molecule has 0 aliphatic carbocycles. The molecule has 1 aromatic rings. The van der Waals surface area contributed by atoms with Crippen molar-refractivity contribution in [2.24, 2.45) is 0 Å². The molecule has 0 radical (unpaired) electrons. The second-order valence-corrected chi connectivity index (χ2v) is 2.89. The second-order valence-electron chi connectivity index (χ2n) is 2.89. The molecule has 0 fully saturated rings. The van der Waals surface area contributed by atoms with Crippen LogP contribution < -0.4 is 0 Å². The lowest BCUT2D eigenvalue weighted by Crippen LogP contribution is -1.86. The Morgan fingerprint density at radius 1 is 1.06 bits per heavy atom. The highest BCUT2D eigenvalue weighted by molar-refractivity contribution is 5.21. The van der Waals surface area contributed by atoms with Gasteiger partial charge in [-0.1, -0.05) is 82.8 Å². The summed E-state index contributed by atoms with van der Waals surface area (Å²) in [5.74, 6) is 0. The predicted octanol–water partition coefficient (Wildman–Crippen LogP) is 5.55. The van der Waals surface area contributed by atoms with E-state index in [4.69, 9.17) is 4.74 Å². The van der Waals surface area contributed by atoms with Gasteiger partial charge in [0.2, 0.25) is 0 Å². The quantitative estimate of drug-likeness (QED) is 0.639. The molecule has 0 bridgehead atoms. The molecule has 0 amide bonds. The zero-order valence-electron chi connectivity index (χ0n) is 13.0. The molecule has 1 heteroatoms. The third kappa shape index (κ3) is 17.1. The van der Waals surface area contributed by atoms with Gasteiger partial charge >= 0.3 is 0 Å². The predicted molar refractivity (Wildman–Crippen MR) is 85.0 cm³/mol. The third-order valence-electron chi connectivity index (χ3n) is 1.56. The van der Waals surface area contributed by atoms with Gasteiger partial charge in [0.1, 0.15) is 0 Å². The number of ether oxygens (including phenoxy) is 1. The van der Waals surface area contributed by atoms with Crippen molar-refractivity contribution in [3.8, 4) is 0 Å². The molecule has 0 saturated heterocycles. The van der Waals surface area contributed by atoms with Crippen molar-refractivity contribution in [2.45, 2.75) is 41.2 Å². The highest BCUT2D eigenvalue weighted by Gasteiger charge is 1.89. The topological polar surface area (TPSA) is 9.23 Å². The number of hydrogen-bond acceptors (Lipinski definition) is 1. The first kappa shape index (κ1) is 21.9. The van der Waals surface area contributed by atoms with E-state index in [1.165, 1.54) is 11.1 Å². The summed E-state index contributed by atoms with van der Waals surface area (Å²) in [5, 5.41) is 0. The van der Waals surface area contributed by atoms with Crippen LogP contribution in [-0.2, 0) is 11.3 Å². The lowest BCUT2D eigenvalue weighted by Gasteiger charge is -1.98. The molecule has 18 heavy (non-hydrogen) atoms. The fourth-order valence-electron chi connectivity index (χ4n) is 0.969. The van der Waals surface area contributed by atoms with Gasteiger partial charge in [-0.05, 0) is 12.5 Å². The monoisotopic (exact) mass is 250 g/mol. The summed E-state index contributed by atoms with van der Waals surface area (Å²) in [6.45, 7) is 17.5. The lowest BCUT2D eigenvalue weighted by atomic mass is 10.1. The van der Waals surface area contributed by atoms with Crippen LogP contribution in [0.15, 0.2) is 49.6 Å². The molecule has 0 aliphatic heterocycles. The minimum Gasteiger partial charge on any atom is -0.380 e. The van der Waals surface area contributed by atoms with Crippen LogP contribution >= 0.6 is 0 Å². The summed E-state index contributed by atoms with van der Waals surface area (Å²) < 4.78 is 4.98. The maximum Gasteiger partial charge on any atom is 0.0713 e. The van der Waals surface area contributed by atoms with Gasteiger partial charge in [-0.2, -0.15) is 0 Å². The Kier molecular flexibility index (Phi) is 25.5. The number of allylic oxidation sites excluding steroid dienone is 2. The molecule has 1 aromatic carbocycles. The average Bonchev–Trinajstić information content (AvgIpc) is 2.44. The minimum absolute atomic E-state index is 0.710. The normalized spacial score (nSPS) is 7.22. The van der Waals surface area contributed by atoms with Crippen molar-refractivity contribution >= 4 is 0 Å². The molecule has 0 saturated carbocycles. The van der Waals surface area contributed by atoms with Gasteiger partial charge in [0.15, 0.2) is 0 Å². The van der Waals surface area contributed by atoms with Gasteiger partial charge in [-0.15, -0.1) is 0 Å². The van der Waals surface area contributed by atoms with Crippen molar-refractivity contribution in [2.75, 3.05) is 7.11 Å². The van der Waals surface area contributed by atoms with Crippen molar-refractivity contribution in [3.63, 3.8) is 0 Å². The second kappa shape index (κ2) is 21.0. The number of aryl methyl sites for hydroxylation is 1. The lowest BCUT2D eigenvalue weighted by molar-refractivity contribution is 0.185. The zero-order chi connectivity index (χ0) is 14.8. The summed E-state index contributed by atoms with van der Waals surface area (Å²) in [5.41, 5.74) is 2.53. The van der Waals surface area contributed by atoms with Crippen LogP contribution in [0.25, 0.3) is 0 Å². The van der Waals surface area contributed by atoms with Crippen LogP contribution in [0.1, 0.15) is 38.8 Å². The highest BCUT2D eigenvalue weighted by atomic mass is 16.5. The van der Waals surface area contributed by atoms with Gasteiger partial charge in [0, 0.05) is 7.11 Å². The van der Waals surface area contributed by atoms with Crippen molar-refractivity contribution in [1.29, 1.82) is 0 Å². The van der Waals surface area contributed by atoms with E-state index in [2.05, 4.69) is 38.3 Å². The van der Waals surface area contributed by atoms with Crippen molar-refractivity contribution in [1.82, 2.24) is 0 Å². The average molecular weight is 250 g/mol. The first-order chi connectivity index (χ1) is 8.74. The zero-order valence-corrected chi connectivity index (χ0v) is 13.0. The number of rotatable bonds is 3. The smallest absolute Gasteiger partial charge is 0.0713 e. The fraction of sp³-hybridized carbons (Fsp3) is 0.412. The molecule has 0 aliphatic rings. The maximum absolute atomic E-state index is 4.98. The van der Waals surface area contributed by atoms with Crippen molar-refractivity contribution < 1.29 is 4.74 Å². The molecule has 0 heterocycles. The Bertz CT molecular complexity index is 271. The molecule has 104 valence electrons. The Morgan fingerprint density at radius 2 is 1.56 bits per heavy atom. The van der Waals surface area contributed by atoms with Crippen LogP contribution in [-0.4, -0.2) is 7.11 Å². The van der Waals surface area contributed by atoms with Crippen molar-refractivity contribution in [3.05, 3.63) is 60.7 Å². The Balaban J connectivity index is -0.000000238. The van der Waals surface area contributed by atoms with Crippen LogP contribution in [0.4, 0.5) is 0 Å². The van der Waals surface area contributed by atoms with Gasteiger partial charge in [-0.3, -0.25) is 0 Å². The summed E-state index contributed by atoms with van der Waals surface area (Å²) in [7, 11) is 1.71. The Morgan fingerprint density at radius 3 is 1.89 bits per heavy atom. The standard InChI is InChI=1S/C9H12O.C4H6.2C2H6/c1-8-4-3-5-9(6-8)7-10-2;1-3-4-2;2*1-2/h3-6H,7H2,1-2H3;3-4H,1-2H2;2*1-2H3. The SMILES string of the molecule is C=CC=C.CC.CC.COCc1cccc(C)c1. The molecule has 1 rings (SSSR count). The largest absolute Gasteiger partial charge is 0.380 e. The maximum atomic E-state index is 4.98. The molecule has 0 spiro atoms. The first-order valence-corrected chi connectivity index (χ1v) is 6.52. The summed E-state index contributed by atoms with van der Waals surface area (Å²) in [4.78, 5) is 0. The van der Waals surface area contributed by atoms with E-state index < -0.39 is 0 Å². The van der Waals surface area contributed by atoms with E-state index in [1.807, 2.05) is 33.8 Å². The molecular weight excluding hydrogens is 220 g/mol. The molecular formula is C17H30O. The summed E-state index contributed by atoms with van der Waals surface area (Å²) in [6.07, 6.45) is 3.28. The molecule has 0 N–H and O–H groups in total. The number of hydrogen-bond donors (Lipinski definition) is 0. The molecule has 0 atom stereocenters. The van der Waals surface area contributed by atoms with E-state index in [-0.39, 0.29) is 0 Å². The summed E-state index contributed by atoms with van der Waals surface area (Å²) in [6, 6.07) is 8.32. The van der Waals surface area contributed by atoms with Gasteiger partial charge < -0.3 is 4.74 Å². The van der Waals surface area contributed by atoms with Gasteiger partial charge in [0.25, 0.3) is 0 Å². The fourth-order valence-corrected chi connectivity index (χ4v) is 0.969.